The fourth-order valence-corrected chi connectivity index (χ4v) is 3.40. The van der Waals surface area contributed by atoms with Crippen molar-refractivity contribution in [2.45, 2.75) is 12.2 Å². The van der Waals surface area contributed by atoms with Crippen molar-refractivity contribution in [3.63, 3.8) is 0 Å². The Kier molecular flexibility index (Phi) is 6.12. The van der Waals surface area contributed by atoms with E-state index in [-0.39, 0.29) is 11.6 Å². The summed E-state index contributed by atoms with van der Waals surface area (Å²) in [5.41, 5.74) is 1.67. The number of rotatable bonds is 8. The number of benzene rings is 2. The molecule has 124 valence electrons. The lowest BCUT2D eigenvalue weighted by Crippen LogP contribution is -2.29. The number of halogens is 1. The molecule has 0 aliphatic carbocycles. The molecule has 0 heterocycles. The summed E-state index contributed by atoms with van der Waals surface area (Å²) < 4.78 is 39.4. The van der Waals surface area contributed by atoms with Crippen LogP contribution in [0, 0.1) is 5.82 Å². The van der Waals surface area contributed by atoms with Gasteiger partial charge in [0.25, 0.3) is 0 Å². The highest BCUT2D eigenvalue weighted by Gasteiger charge is 2.11. The van der Waals surface area contributed by atoms with E-state index < -0.39 is 10.0 Å². The van der Waals surface area contributed by atoms with E-state index in [2.05, 4.69) is 9.62 Å². The molecule has 0 saturated heterocycles. The molecule has 0 saturated carbocycles. The van der Waals surface area contributed by atoms with Crippen molar-refractivity contribution in [1.82, 2.24) is 4.72 Å². The SMILES string of the molecule is CN(CCCNS(=O)(=O)Cc1ccc(F)cc1)c1ccccc1. The third-order valence-electron chi connectivity index (χ3n) is 3.46. The minimum atomic E-state index is -3.40. The van der Waals surface area contributed by atoms with Gasteiger partial charge in [0, 0.05) is 25.8 Å². The fourth-order valence-electron chi connectivity index (χ4n) is 2.21. The summed E-state index contributed by atoms with van der Waals surface area (Å²) in [6.07, 6.45) is 0.702. The van der Waals surface area contributed by atoms with Crippen molar-refractivity contribution in [2.24, 2.45) is 0 Å². The number of nitrogens with one attached hydrogen (secondary N) is 1. The maximum absolute atomic E-state index is 12.8. The predicted octanol–water partition coefficient (Wildman–Crippen LogP) is 2.77. The molecule has 2 aromatic carbocycles. The monoisotopic (exact) mass is 336 g/mol. The molecule has 0 amide bonds. The highest BCUT2D eigenvalue weighted by atomic mass is 32.2. The number of para-hydroxylation sites is 1. The third-order valence-corrected chi connectivity index (χ3v) is 4.82. The molecular formula is C17H21FN2O2S. The number of anilines is 1. The standard InChI is InChI=1S/C17H21FN2O2S/c1-20(17-6-3-2-4-7-17)13-5-12-19-23(21,22)14-15-8-10-16(18)11-9-15/h2-4,6-11,19H,5,12-14H2,1H3. The zero-order chi connectivity index (χ0) is 16.7. The van der Waals surface area contributed by atoms with Gasteiger partial charge in [-0.3, -0.25) is 0 Å². The summed E-state index contributed by atoms with van der Waals surface area (Å²) in [7, 11) is -1.43. The Morgan fingerprint density at radius 2 is 1.70 bits per heavy atom. The van der Waals surface area contributed by atoms with Crippen LogP contribution >= 0.6 is 0 Å². The molecule has 0 aliphatic heterocycles. The number of hydrogen-bond donors (Lipinski definition) is 1. The Balaban J connectivity index is 1.75. The molecule has 2 aromatic rings. The maximum Gasteiger partial charge on any atom is 0.215 e. The Morgan fingerprint density at radius 1 is 1.04 bits per heavy atom. The average Bonchev–Trinajstić information content (AvgIpc) is 2.54. The van der Waals surface area contributed by atoms with Crippen LogP contribution in [0.25, 0.3) is 0 Å². The zero-order valence-electron chi connectivity index (χ0n) is 13.1. The molecule has 6 heteroatoms. The van der Waals surface area contributed by atoms with Crippen molar-refractivity contribution in [2.75, 3.05) is 25.0 Å². The van der Waals surface area contributed by atoms with Gasteiger partial charge in [-0.05, 0) is 36.2 Å². The van der Waals surface area contributed by atoms with Crippen LogP contribution in [0.2, 0.25) is 0 Å². The average molecular weight is 336 g/mol. The van der Waals surface area contributed by atoms with Crippen molar-refractivity contribution >= 4 is 15.7 Å². The normalized spacial score (nSPS) is 11.4. The lowest BCUT2D eigenvalue weighted by atomic mass is 10.2. The van der Waals surface area contributed by atoms with Crippen LogP contribution in [-0.4, -0.2) is 28.6 Å². The molecule has 0 spiro atoms. The summed E-state index contributed by atoms with van der Waals surface area (Å²) in [4.78, 5) is 2.08. The third kappa shape index (κ3) is 6.00. The maximum atomic E-state index is 12.8. The fraction of sp³-hybridized carbons (Fsp3) is 0.294. The van der Waals surface area contributed by atoms with E-state index in [9.17, 15) is 12.8 Å². The lowest BCUT2D eigenvalue weighted by molar-refractivity contribution is 0.577. The topological polar surface area (TPSA) is 49.4 Å². The molecule has 0 bridgehead atoms. The van der Waals surface area contributed by atoms with Gasteiger partial charge in [-0.2, -0.15) is 0 Å². The number of hydrogen-bond acceptors (Lipinski definition) is 3. The summed E-state index contributed by atoms with van der Waals surface area (Å²) in [6, 6.07) is 15.4. The van der Waals surface area contributed by atoms with E-state index in [0.29, 0.717) is 18.5 Å². The van der Waals surface area contributed by atoms with E-state index in [1.165, 1.54) is 24.3 Å². The van der Waals surface area contributed by atoms with E-state index in [1.54, 1.807) is 0 Å². The lowest BCUT2D eigenvalue weighted by Gasteiger charge is -2.19. The molecule has 2 rings (SSSR count). The predicted molar refractivity (Wildman–Crippen MR) is 91.4 cm³/mol. The second kappa shape index (κ2) is 8.08. The van der Waals surface area contributed by atoms with Crippen LogP contribution in [0.3, 0.4) is 0 Å². The van der Waals surface area contributed by atoms with Crippen molar-refractivity contribution in [3.05, 3.63) is 66.0 Å². The molecule has 4 nitrogen and oxygen atoms in total. The van der Waals surface area contributed by atoms with Crippen LogP contribution in [0.1, 0.15) is 12.0 Å². The van der Waals surface area contributed by atoms with Gasteiger partial charge in [0.2, 0.25) is 10.0 Å². The number of sulfonamides is 1. The first kappa shape index (κ1) is 17.4. The molecule has 0 atom stereocenters. The molecule has 0 radical (unpaired) electrons. The van der Waals surface area contributed by atoms with Gasteiger partial charge in [-0.15, -0.1) is 0 Å². The molecule has 0 aromatic heterocycles. The Labute approximate surface area is 137 Å². The van der Waals surface area contributed by atoms with Crippen molar-refractivity contribution in [1.29, 1.82) is 0 Å². The van der Waals surface area contributed by atoms with Gasteiger partial charge in [-0.1, -0.05) is 30.3 Å². The van der Waals surface area contributed by atoms with E-state index in [4.69, 9.17) is 0 Å². The molecule has 0 unspecified atom stereocenters. The van der Waals surface area contributed by atoms with Crippen LogP contribution < -0.4 is 9.62 Å². The van der Waals surface area contributed by atoms with Crippen molar-refractivity contribution < 1.29 is 12.8 Å². The smallest absolute Gasteiger partial charge is 0.215 e. The molecule has 0 fully saturated rings. The van der Waals surface area contributed by atoms with Gasteiger partial charge >= 0.3 is 0 Å². The highest BCUT2D eigenvalue weighted by Crippen LogP contribution is 2.11. The zero-order valence-corrected chi connectivity index (χ0v) is 13.9. The van der Waals surface area contributed by atoms with E-state index >= 15 is 0 Å². The Hall–Kier alpha value is -1.92. The van der Waals surface area contributed by atoms with Gasteiger partial charge in [0.15, 0.2) is 0 Å². The molecule has 23 heavy (non-hydrogen) atoms. The quantitative estimate of drug-likeness (QED) is 0.754. The summed E-state index contributed by atoms with van der Waals surface area (Å²) >= 11 is 0. The van der Waals surface area contributed by atoms with E-state index in [0.717, 1.165) is 12.2 Å². The first-order chi connectivity index (χ1) is 11.0. The van der Waals surface area contributed by atoms with E-state index in [1.807, 2.05) is 37.4 Å². The van der Waals surface area contributed by atoms with Gasteiger partial charge in [0.1, 0.15) is 5.82 Å². The summed E-state index contributed by atoms with van der Waals surface area (Å²) in [5.74, 6) is -0.509. The second-order valence-electron chi connectivity index (χ2n) is 5.39. The molecular weight excluding hydrogens is 315 g/mol. The minimum absolute atomic E-state index is 0.137. The summed E-state index contributed by atoms with van der Waals surface area (Å²) in [5, 5.41) is 0. The number of nitrogens with zero attached hydrogens (tertiary/aromatic N) is 1. The Morgan fingerprint density at radius 3 is 2.35 bits per heavy atom. The van der Waals surface area contributed by atoms with Gasteiger partial charge < -0.3 is 4.90 Å². The highest BCUT2D eigenvalue weighted by molar-refractivity contribution is 7.88. The largest absolute Gasteiger partial charge is 0.375 e. The summed E-state index contributed by atoms with van der Waals surface area (Å²) in [6.45, 7) is 1.13. The van der Waals surface area contributed by atoms with Crippen molar-refractivity contribution in [3.8, 4) is 0 Å². The Bertz CT molecular complexity index is 703. The first-order valence-corrected chi connectivity index (χ1v) is 9.09. The van der Waals surface area contributed by atoms with Gasteiger partial charge in [0.05, 0.1) is 5.75 Å². The first-order valence-electron chi connectivity index (χ1n) is 7.44. The molecule has 1 N–H and O–H groups in total. The van der Waals surface area contributed by atoms with Crippen LogP contribution in [0.5, 0.6) is 0 Å². The minimum Gasteiger partial charge on any atom is -0.375 e. The second-order valence-corrected chi connectivity index (χ2v) is 7.20. The van der Waals surface area contributed by atoms with Crippen LogP contribution in [0.4, 0.5) is 10.1 Å². The molecule has 0 aliphatic rings. The van der Waals surface area contributed by atoms with Crippen LogP contribution in [-0.2, 0) is 15.8 Å². The van der Waals surface area contributed by atoms with Crippen LogP contribution in [0.15, 0.2) is 54.6 Å². The van der Waals surface area contributed by atoms with Gasteiger partial charge in [-0.25, -0.2) is 17.5 Å².